The Morgan fingerprint density at radius 3 is 2.33 bits per heavy atom. The number of rotatable bonds is 13. The Kier molecular flexibility index (Phi) is 9.86. The summed E-state index contributed by atoms with van der Waals surface area (Å²) in [7, 11) is 0. The minimum atomic E-state index is -0.956. The number of nitrogens with zero attached hydrogens (tertiary/aromatic N) is 1. The summed E-state index contributed by atoms with van der Waals surface area (Å²) in [6.45, 7) is 6.68. The zero-order chi connectivity index (χ0) is 22.7. The highest BCUT2D eigenvalue weighted by Gasteiger charge is 2.28. The molecule has 0 spiro atoms. The smallest absolute Gasteiger partial charge is 0.243 e. The zero-order valence-electron chi connectivity index (χ0n) is 17.2. The summed E-state index contributed by atoms with van der Waals surface area (Å²) in [5.41, 5.74) is 11.2. The summed E-state index contributed by atoms with van der Waals surface area (Å²) in [5.74, 6) is -1.95. The summed E-state index contributed by atoms with van der Waals surface area (Å²) in [4.78, 5) is 55.0. The first-order chi connectivity index (χ1) is 14.1. The monoisotopic (exact) mass is 422 g/mol. The molecule has 0 aliphatic heterocycles. The number of primary amides is 1. The molecule has 1 heterocycles. The van der Waals surface area contributed by atoms with E-state index in [0.29, 0.717) is 18.7 Å². The lowest BCUT2D eigenvalue weighted by Gasteiger charge is -2.23. The highest BCUT2D eigenvalue weighted by atomic mass is 16.2. The molecule has 1 aromatic rings. The van der Waals surface area contributed by atoms with Gasteiger partial charge in [0.05, 0.1) is 17.8 Å². The third kappa shape index (κ3) is 9.08. The minimum Gasteiger partial charge on any atom is -0.386 e. The lowest BCUT2D eigenvalue weighted by Crippen LogP contribution is -2.56. The van der Waals surface area contributed by atoms with Gasteiger partial charge in [-0.2, -0.15) is 0 Å². The quantitative estimate of drug-likeness (QED) is 0.174. The number of aromatic amines is 1. The summed E-state index contributed by atoms with van der Waals surface area (Å²) < 4.78 is 0. The maximum absolute atomic E-state index is 12.8. The van der Waals surface area contributed by atoms with E-state index in [0.717, 1.165) is 0 Å². The van der Waals surface area contributed by atoms with Crippen LogP contribution in [0, 0.1) is 0 Å². The van der Waals surface area contributed by atoms with Crippen molar-refractivity contribution in [2.45, 2.75) is 51.2 Å². The number of nitrogens with one attached hydrogen (secondary N) is 5. The van der Waals surface area contributed by atoms with Crippen LogP contribution >= 0.6 is 0 Å². The topological polar surface area (TPSA) is 197 Å². The summed E-state index contributed by atoms with van der Waals surface area (Å²) in [6, 6.07) is -2.80. The van der Waals surface area contributed by atoms with E-state index in [4.69, 9.17) is 11.5 Å². The van der Waals surface area contributed by atoms with Crippen molar-refractivity contribution in [1.29, 1.82) is 0 Å². The molecule has 0 saturated carbocycles. The van der Waals surface area contributed by atoms with Gasteiger partial charge in [-0.15, -0.1) is 0 Å². The molecule has 12 heteroatoms. The van der Waals surface area contributed by atoms with Crippen LogP contribution in [0.15, 0.2) is 24.9 Å². The standard InChI is InChI=1S/C18H30N8O4/c1-10(16(20)28)24-17(29)14(5-4-6-22-11(2)19)26-18(30)15(25-12(3)27)7-13-8-21-9-23-13/h8-10,14-15,22H,2,4-7,19H2,1,3H3,(H2,20,28)(H,21,23)(H,24,29)(H,25,27)(H,26,30)/t10-,14-,15-/m0/s1. The molecule has 0 aliphatic carbocycles. The van der Waals surface area contributed by atoms with E-state index >= 15 is 0 Å². The second-order valence-electron chi connectivity index (χ2n) is 6.81. The van der Waals surface area contributed by atoms with Crippen molar-refractivity contribution in [2.75, 3.05) is 6.54 Å². The second-order valence-corrected chi connectivity index (χ2v) is 6.81. The molecule has 30 heavy (non-hydrogen) atoms. The second kappa shape index (κ2) is 12.1. The fourth-order valence-corrected chi connectivity index (χ4v) is 2.55. The first-order valence-corrected chi connectivity index (χ1v) is 9.43. The Balaban J connectivity index is 2.86. The predicted molar refractivity (Wildman–Crippen MR) is 109 cm³/mol. The maximum atomic E-state index is 12.8. The summed E-state index contributed by atoms with van der Waals surface area (Å²) in [6.07, 6.45) is 3.92. The van der Waals surface area contributed by atoms with Gasteiger partial charge in [-0.05, 0) is 19.8 Å². The Morgan fingerprint density at radius 2 is 1.80 bits per heavy atom. The third-order valence-corrected chi connectivity index (χ3v) is 4.10. The van der Waals surface area contributed by atoms with Crippen LogP contribution in [0.2, 0.25) is 0 Å². The molecule has 1 aromatic heterocycles. The molecule has 0 bridgehead atoms. The van der Waals surface area contributed by atoms with Crippen molar-refractivity contribution < 1.29 is 19.2 Å². The van der Waals surface area contributed by atoms with Crippen LogP contribution in [0.4, 0.5) is 0 Å². The van der Waals surface area contributed by atoms with Crippen LogP contribution in [0.5, 0.6) is 0 Å². The Bertz CT molecular complexity index is 749. The molecular formula is C18H30N8O4. The van der Waals surface area contributed by atoms with E-state index < -0.39 is 41.8 Å². The molecule has 0 aliphatic rings. The zero-order valence-corrected chi connectivity index (χ0v) is 17.2. The van der Waals surface area contributed by atoms with Crippen molar-refractivity contribution >= 4 is 23.6 Å². The van der Waals surface area contributed by atoms with Gasteiger partial charge in [0.2, 0.25) is 23.6 Å². The van der Waals surface area contributed by atoms with Gasteiger partial charge in [0.1, 0.15) is 18.1 Å². The molecule has 0 aromatic carbocycles. The van der Waals surface area contributed by atoms with Crippen LogP contribution in [0.3, 0.4) is 0 Å². The van der Waals surface area contributed by atoms with Gasteiger partial charge in [0, 0.05) is 26.1 Å². The lowest BCUT2D eigenvalue weighted by molar-refractivity contribution is -0.133. The van der Waals surface area contributed by atoms with Crippen LogP contribution in [-0.4, -0.2) is 58.3 Å². The van der Waals surface area contributed by atoms with E-state index in [2.05, 4.69) is 37.8 Å². The van der Waals surface area contributed by atoms with E-state index in [1.165, 1.54) is 20.2 Å². The molecule has 0 radical (unpaired) electrons. The van der Waals surface area contributed by atoms with Gasteiger partial charge in [-0.3, -0.25) is 19.2 Å². The minimum absolute atomic E-state index is 0.134. The van der Waals surface area contributed by atoms with Gasteiger partial charge >= 0.3 is 0 Å². The number of carbonyl (C=O) groups excluding carboxylic acids is 4. The summed E-state index contributed by atoms with van der Waals surface area (Å²) in [5, 5.41) is 10.5. The maximum Gasteiger partial charge on any atom is 0.243 e. The first-order valence-electron chi connectivity index (χ1n) is 9.43. The van der Waals surface area contributed by atoms with Crippen molar-refractivity contribution in [3.05, 3.63) is 30.6 Å². The first kappa shape index (κ1) is 24.5. The number of imidazole rings is 1. The third-order valence-electron chi connectivity index (χ3n) is 4.10. The van der Waals surface area contributed by atoms with E-state index in [1.807, 2.05) is 0 Å². The largest absolute Gasteiger partial charge is 0.386 e. The molecule has 166 valence electrons. The Labute approximate surface area is 174 Å². The van der Waals surface area contributed by atoms with Crippen LogP contribution < -0.4 is 32.7 Å². The molecular weight excluding hydrogens is 392 g/mol. The van der Waals surface area contributed by atoms with Crippen molar-refractivity contribution in [1.82, 2.24) is 31.2 Å². The van der Waals surface area contributed by atoms with Crippen LogP contribution in [0.1, 0.15) is 32.4 Å². The predicted octanol–water partition coefficient (Wildman–Crippen LogP) is -2.27. The van der Waals surface area contributed by atoms with Gasteiger partial charge in [-0.25, -0.2) is 4.98 Å². The highest BCUT2D eigenvalue weighted by Crippen LogP contribution is 2.03. The number of carbonyl (C=O) groups is 4. The van der Waals surface area contributed by atoms with E-state index in [-0.39, 0.29) is 18.7 Å². The number of H-pyrrole nitrogens is 1. The number of aromatic nitrogens is 2. The molecule has 0 fully saturated rings. The highest BCUT2D eigenvalue weighted by molar-refractivity contribution is 5.93. The SMILES string of the molecule is C=C(N)NCCC[C@H](NC(=O)[C@H](Cc1c[nH]cn1)NC(C)=O)C(=O)N[C@@H](C)C(N)=O. The van der Waals surface area contributed by atoms with Crippen LogP contribution in [0.25, 0.3) is 0 Å². The molecule has 4 amide bonds. The molecule has 9 N–H and O–H groups in total. The molecule has 1 rings (SSSR count). The Morgan fingerprint density at radius 1 is 1.13 bits per heavy atom. The average Bonchev–Trinajstić information content (AvgIpc) is 3.15. The van der Waals surface area contributed by atoms with Gasteiger partial charge in [0.25, 0.3) is 0 Å². The Hall–Kier alpha value is -3.57. The fourth-order valence-electron chi connectivity index (χ4n) is 2.55. The van der Waals surface area contributed by atoms with Crippen molar-refractivity contribution in [3.8, 4) is 0 Å². The molecule has 0 saturated heterocycles. The van der Waals surface area contributed by atoms with Crippen molar-refractivity contribution in [3.63, 3.8) is 0 Å². The normalized spacial score (nSPS) is 13.4. The molecule has 3 atom stereocenters. The molecule has 0 unspecified atom stereocenters. The molecule has 12 nitrogen and oxygen atoms in total. The van der Waals surface area contributed by atoms with E-state index in [1.54, 1.807) is 6.20 Å². The number of hydrogen-bond acceptors (Lipinski definition) is 7. The summed E-state index contributed by atoms with van der Waals surface area (Å²) >= 11 is 0. The van der Waals surface area contributed by atoms with Crippen molar-refractivity contribution in [2.24, 2.45) is 11.5 Å². The number of hydrogen-bond donors (Lipinski definition) is 7. The average molecular weight is 422 g/mol. The van der Waals surface area contributed by atoms with E-state index in [9.17, 15) is 19.2 Å². The fraction of sp³-hybridized carbons (Fsp3) is 0.500. The van der Waals surface area contributed by atoms with Gasteiger partial charge in [-0.1, -0.05) is 6.58 Å². The number of nitrogens with two attached hydrogens (primary N) is 2. The lowest BCUT2D eigenvalue weighted by atomic mass is 10.1. The number of amides is 4. The van der Waals surface area contributed by atoms with Gasteiger partial charge < -0.3 is 37.7 Å². The van der Waals surface area contributed by atoms with Gasteiger partial charge in [0.15, 0.2) is 0 Å². The van der Waals surface area contributed by atoms with Crippen LogP contribution in [-0.2, 0) is 25.6 Å².